The lowest BCUT2D eigenvalue weighted by atomic mass is 10.0. The maximum absolute atomic E-state index is 8.83. The lowest BCUT2D eigenvalue weighted by molar-refractivity contribution is 0.106. The van der Waals surface area contributed by atoms with Crippen molar-refractivity contribution >= 4 is 0 Å². The van der Waals surface area contributed by atoms with E-state index in [1.807, 2.05) is 0 Å². The molecule has 0 aromatic heterocycles. The molecular weight excluding hydrogens is 200 g/mol. The van der Waals surface area contributed by atoms with Crippen LogP contribution in [-0.4, -0.2) is 24.9 Å². The van der Waals surface area contributed by atoms with Crippen molar-refractivity contribution in [2.75, 3.05) is 19.8 Å². The van der Waals surface area contributed by atoms with Crippen molar-refractivity contribution in [3.05, 3.63) is 0 Å². The summed E-state index contributed by atoms with van der Waals surface area (Å²) in [6, 6.07) is 0. The Morgan fingerprint density at radius 3 is 2.31 bits per heavy atom. The van der Waals surface area contributed by atoms with Gasteiger partial charge < -0.3 is 9.84 Å². The van der Waals surface area contributed by atoms with Gasteiger partial charge in [-0.15, -0.1) is 0 Å². The highest BCUT2D eigenvalue weighted by molar-refractivity contribution is 4.51. The molecule has 2 nitrogen and oxygen atoms in total. The lowest BCUT2D eigenvalue weighted by Gasteiger charge is -2.09. The van der Waals surface area contributed by atoms with Crippen molar-refractivity contribution in [2.45, 2.75) is 59.3 Å². The van der Waals surface area contributed by atoms with Crippen molar-refractivity contribution in [3.63, 3.8) is 0 Å². The summed E-state index contributed by atoms with van der Waals surface area (Å²) in [5, 5.41) is 8.83. The van der Waals surface area contributed by atoms with Crippen LogP contribution in [0.3, 0.4) is 0 Å². The predicted molar refractivity (Wildman–Crippen MR) is 69.6 cm³/mol. The molecule has 0 aliphatic carbocycles. The van der Waals surface area contributed by atoms with Crippen LogP contribution in [0.4, 0.5) is 0 Å². The van der Waals surface area contributed by atoms with E-state index >= 15 is 0 Å². The zero-order valence-electron chi connectivity index (χ0n) is 11.4. The number of aliphatic hydroxyl groups is 1. The van der Waals surface area contributed by atoms with Crippen molar-refractivity contribution in [1.82, 2.24) is 0 Å². The Morgan fingerprint density at radius 2 is 1.69 bits per heavy atom. The Bertz CT molecular complexity index is 121. The summed E-state index contributed by atoms with van der Waals surface area (Å²) in [6.07, 6.45) is 7.45. The molecule has 2 atom stereocenters. The first-order chi connectivity index (χ1) is 7.70. The van der Waals surface area contributed by atoms with Gasteiger partial charge >= 0.3 is 0 Å². The number of aliphatic hydroxyl groups excluding tert-OH is 1. The van der Waals surface area contributed by atoms with Crippen molar-refractivity contribution in [1.29, 1.82) is 0 Å². The molecule has 0 saturated carbocycles. The molecule has 0 spiro atoms. The van der Waals surface area contributed by atoms with E-state index in [1.54, 1.807) is 0 Å². The van der Waals surface area contributed by atoms with Gasteiger partial charge in [-0.2, -0.15) is 0 Å². The molecule has 0 heterocycles. The van der Waals surface area contributed by atoms with Crippen LogP contribution in [0.2, 0.25) is 0 Å². The molecule has 16 heavy (non-hydrogen) atoms. The Hall–Kier alpha value is -0.0800. The normalized spacial score (nSPS) is 15.0. The second kappa shape index (κ2) is 11.4. The molecule has 0 aliphatic heterocycles. The van der Waals surface area contributed by atoms with Crippen LogP contribution in [-0.2, 0) is 4.74 Å². The quantitative estimate of drug-likeness (QED) is 0.549. The van der Waals surface area contributed by atoms with E-state index in [2.05, 4.69) is 20.8 Å². The van der Waals surface area contributed by atoms with Gasteiger partial charge in [-0.1, -0.05) is 46.5 Å². The maximum atomic E-state index is 8.83. The minimum atomic E-state index is 0.276. The van der Waals surface area contributed by atoms with Crippen LogP contribution in [0.15, 0.2) is 0 Å². The van der Waals surface area contributed by atoms with Crippen LogP contribution in [0.1, 0.15) is 59.3 Å². The van der Waals surface area contributed by atoms with Crippen LogP contribution in [0.5, 0.6) is 0 Å². The van der Waals surface area contributed by atoms with E-state index in [9.17, 15) is 0 Å². The summed E-state index contributed by atoms with van der Waals surface area (Å²) < 4.78 is 5.53. The van der Waals surface area contributed by atoms with Gasteiger partial charge in [0.25, 0.3) is 0 Å². The average molecular weight is 230 g/mol. The fourth-order valence-electron chi connectivity index (χ4n) is 1.56. The summed E-state index contributed by atoms with van der Waals surface area (Å²) in [5.41, 5.74) is 0. The van der Waals surface area contributed by atoms with E-state index < -0.39 is 0 Å². The summed E-state index contributed by atoms with van der Waals surface area (Å²) in [4.78, 5) is 0. The van der Waals surface area contributed by atoms with Gasteiger partial charge in [-0.05, 0) is 24.7 Å². The maximum Gasteiger partial charge on any atom is 0.0469 e. The largest absolute Gasteiger partial charge is 0.396 e. The number of ether oxygens (including phenoxy) is 1. The van der Waals surface area contributed by atoms with Crippen molar-refractivity contribution < 1.29 is 9.84 Å². The van der Waals surface area contributed by atoms with Crippen molar-refractivity contribution in [2.24, 2.45) is 11.8 Å². The first-order valence-corrected chi connectivity index (χ1v) is 6.89. The molecular formula is C14H30O2. The standard InChI is InChI=1S/C14H30O2/c1-4-13(2)8-6-5-7-10-16-11-9-14(3)12-15/h13-15H,4-12H2,1-3H3. The zero-order chi connectivity index (χ0) is 12.2. The first-order valence-electron chi connectivity index (χ1n) is 6.89. The Balaban J connectivity index is 3.04. The van der Waals surface area contributed by atoms with Gasteiger partial charge in [0.2, 0.25) is 0 Å². The van der Waals surface area contributed by atoms with E-state index in [0.717, 1.165) is 25.6 Å². The van der Waals surface area contributed by atoms with Gasteiger partial charge in [0.15, 0.2) is 0 Å². The van der Waals surface area contributed by atoms with Crippen LogP contribution >= 0.6 is 0 Å². The van der Waals surface area contributed by atoms with Crippen LogP contribution in [0, 0.1) is 11.8 Å². The summed E-state index contributed by atoms with van der Waals surface area (Å²) in [7, 11) is 0. The van der Waals surface area contributed by atoms with Gasteiger partial charge in [0, 0.05) is 19.8 Å². The fourth-order valence-corrected chi connectivity index (χ4v) is 1.56. The minimum absolute atomic E-state index is 0.276. The highest BCUT2D eigenvalue weighted by atomic mass is 16.5. The van der Waals surface area contributed by atoms with Gasteiger partial charge in [-0.3, -0.25) is 0 Å². The second-order valence-corrected chi connectivity index (χ2v) is 5.05. The van der Waals surface area contributed by atoms with Crippen LogP contribution < -0.4 is 0 Å². The summed E-state index contributed by atoms with van der Waals surface area (Å²) in [5.74, 6) is 1.26. The average Bonchev–Trinajstić information content (AvgIpc) is 2.31. The number of hydrogen-bond acceptors (Lipinski definition) is 2. The first kappa shape index (κ1) is 15.9. The van der Waals surface area contributed by atoms with Crippen LogP contribution in [0.25, 0.3) is 0 Å². The van der Waals surface area contributed by atoms with E-state index in [4.69, 9.17) is 9.84 Å². The third-order valence-corrected chi connectivity index (χ3v) is 3.25. The molecule has 98 valence electrons. The third-order valence-electron chi connectivity index (χ3n) is 3.25. The molecule has 0 saturated heterocycles. The van der Waals surface area contributed by atoms with E-state index in [1.165, 1.54) is 32.1 Å². The van der Waals surface area contributed by atoms with Gasteiger partial charge in [0.05, 0.1) is 0 Å². The number of rotatable bonds is 11. The Morgan fingerprint density at radius 1 is 0.938 bits per heavy atom. The van der Waals surface area contributed by atoms with Gasteiger partial charge in [-0.25, -0.2) is 0 Å². The molecule has 0 fully saturated rings. The molecule has 0 bridgehead atoms. The van der Waals surface area contributed by atoms with E-state index in [-0.39, 0.29) is 6.61 Å². The highest BCUT2D eigenvalue weighted by Crippen LogP contribution is 2.12. The molecule has 0 rings (SSSR count). The minimum Gasteiger partial charge on any atom is -0.396 e. The molecule has 2 unspecified atom stereocenters. The fraction of sp³-hybridized carbons (Fsp3) is 1.00. The molecule has 0 amide bonds. The molecule has 0 radical (unpaired) electrons. The molecule has 0 aromatic carbocycles. The van der Waals surface area contributed by atoms with Crippen molar-refractivity contribution in [3.8, 4) is 0 Å². The molecule has 1 N–H and O–H groups in total. The second-order valence-electron chi connectivity index (χ2n) is 5.05. The smallest absolute Gasteiger partial charge is 0.0469 e. The lowest BCUT2D eigenvalue weighted by Crippen LogP contribution is -2.06. The van der Waals surface area contributed by atoms with E-state index in [0.29, 0.717) is 5.92 Å². The SMILES string of the molecule is CCC(C)CCCCCOCCC(C)CO. The molecule has 0 aromatic rings. The predicted octanol–water partition coefficient (Wildman–Crippen LogP) is 3.63. The topological polar surface area (TPSA) is 29.5 Å². The number of unbranched alkanes of at least 4 members (excludes halogenated alkanes) is 2. The molecule has 2 heteroatoms. The highest BCUT2D eigenvalue weighted by Gasteiger charge is 2.00. The summed E-state index contributed by atoms with van der Waals surface area (Å²) >= 11 is 0. The van der Waals surface area contributed by atoms with Gasteiger partial charge in [0.1, 0.15) is 0 Å². The summed E-state index contributed by atoms with van der Waals surface area (Å²) in [6.45, 7) is 8.60. The monoisotopic (exact) mass is 230 g/mol. The Labute approximate surface area is 101 Å². The third kappa shape index (κ3) is 10.4. The Kier molecular flexibility index (Phi) is 11.3. The zero-order valence-corrected chi connectivity index (χ0v) is 11.4. The number of hydrogen-bond donors (Lipinski definition) is 1. The molecule has 0 aliphatic rings.